The summed E-state index contributed by atoms with van der Waals surface area (Å²) >= 11 is 0. The molecule has 0 saturated carbocycles. The van der Waals surface area contributed by atoms with E-state index in [4.69, 9.17) is 10.6 Å². The van der Waals surface area contributed by atoms with Crippen LogP contribution in [0.2, 0.25) is 0 Å². The fraction of sp³-hybridized carbons (Fsp3) is 0.222. The lowest BCUT2D eigenvalue weighted by molar-refractivity contribution is -0.120. The molecule has 0 atom stereocenters. The predicted octanol–water partition coefficient (Wildman–Crippen LogP) is 0.524. The van der Waals surface area contributed by atoms with Crippen molar-refractivity contribution < 1.29 is 14.4 Å². The van der Waals surface area contributed by atoms with Crippen molar-refractivity contribution in [3.63, 3.8) is 0 Å². The van der Waals surface area contributed by atoms with Gasteiger partial charge in [-0.3, -0.25) is 9.63 Å². The van der Waals surface area contributed by atoms with Gasteiger partial charge in [0.25, 0.3) is 5.91 Å². The molecule has 5 heteroatoms. The molecule has 1 aromatic rings. The van der Waals surface area contributed by atoms with Crippen molar-refractivity contribution in [2.75, 3.05) is 19.0 Å². The Morgan fingerprint density at radius 3 is 2.86 bits per heavy atom. The number of carbonyl (C=O) groups excluding carboxylic acids is 1. The number of nitrogens with one attached hydrogen (secondary N) is 1. The summed E-state index contributed by atoms with van der Waals surface area (Å²) in [5.41, 5.74) is 0.594. The number of anilines is 1. The first-order chi connectivity index (χ1) is 6.77. The minimum atomic E-state index is -0.322. The summed E-state index contributed by atoms with van der Waals surface area (Å²) in [5.74, 6) is 5.03. The Bertz CT molecular complexity index is 315. The largest absolute Gasteiger partial charge is 0.495 e. The molecule has 1 amide bonds. The summed E-state index contributed by atoms with van der Waals surface area (Å²) in [4.78, 5) is 15.3. The van der Waals surface area contributed by atoms with Gasteiger partial charge < -0.3 is 10.1 Å². The van der Waals surface area contributed by atoms with Crippen molar-refractivity contribution >= 4 is 11.6 Å². The fourth-order valence-corrected chi connectivity index (χ4v) is 1.01. The smallest absolute Gasteiger partial charge is 0.252 e. The van der Waals surface area contributed by atoms with Crippen LogP contribution in [0.5, 0.6) is 5.75 Å². The van der Waals surface area contributed by atoms with E-state index in [1.807, 2.05) is 6.07 Å². The van der Waals surface area contributed by atoms with Gasteiger partial charge in [0.1, 0.15) is 12.4 Å². The van der Waals surface area contributed by atoms with Gasteiger partial charge >= 0.3 is 0 Å². The van der Waals surface area contributed by atoms with Gasteiger partial charge in [0.15, 0.2) is 0 Å². The Hall–Kier alpha value is -1.59. The zero-order valence-electron chi connectivity index (χ0n) is 7.82. The van der Waals surface area contributed by atoms with Crippen LogP contribution in [0.1, 0.15) is 0 Å². The van der Waals surface area contributed by atoms with Crippen LogP contribution in [0.4, 0.5) is 5.69 Å². The quantitative estimate of drug-likeness (QED) is 0.689. The van der Waals surface area contributed by atoms with E-state index in [2.05, 4.69) is 10.2 Å². The van der Waals surface area contributed by atoms with Crippen LogP contribution >= 0.6 is 0 Å². The van der Waals surface area contributed by atoms with Crippen molar-refractivity contribution in [2.45, 2.75) is 0 Å². The summed E-state index contributed by atoms with van der Waals surface area (Å²) < 4.78 is 5.04. The Morgan fingerprint density at radius 2 is 2.21 bits per heavy atom. The molecule has 0 radical (unpaired) electrons. The van der Waals surface area contributed by atoms with E-state index in [0.29, 0.717) is 11.4 Å². The number of hydrogen-bond donors (Lipinski definition) is 2. The second kappa shape index (κ2) is 5.21. The molecule has 1 aromatic carbocycles. The predicted molar refractivity (Wildman–Crippen MR) is 51.8 cm³/mol. The van der Waals surface area contributed by atoms with E-state index in [1.54, 1.807) is 18.2 Å². The monoisotopic (exact) mass is 196 g/mol. The molecule has 0 fully saturated rings. The molecule has 14 heavy (non-hydrogen) atoms. The van der Waals surface area contributed by atoms with Crippen LogP contribution in [0.25, 0.3) is 0 Å². The van der Waals surface area contributed by atoms with Crippen molar-refractivity contribution in [2.24, 2.45) is 5.90 Å². The number of benzene rings is 1. The average molecular weight is 196 g/mol. The van der Waals surface area contributed by atoms with Crippen molar-refractivity contribution in [3.05, 3.63) is 24.3 Å². The number of nitrogens with two attached hydrogens (primary N) is 1. The van der Waals surface area contributed by atoms with E-state index in [1.165, 1.54) is 7.11 Å². The topological polar surface area (TPSA) is 73.6 Å². The molecule has 76 valence electrons. The number of carbonyl (C=O) groups is 1. The fourth-order valence-electron chi connectivity index (χ4n) is 1.01. The van der Waals surface area contributed by atoms with Gasteiger partial charge in [-0.25, -0.2) is 5.90 Å². The van der Waals surface area contributed by atoms with Crippen LogP contribution in [0, 0.1) is 0 Å². The van der Waals surface area contributed by atoms with Gasteiger partial charge in [0, 0.05) is 0 Å². The molecule has 5 nitrogen and oxygen atoms in total. The van der Waals surface area contributed by atoms with Gasteiger partial charge in [-0.05, 0) is 12.1 Å². The summed E-state index contributed by atoms with van der Waals surface area (Å²) in [6.45, 7) is -0.182. The molecular formula is C9H12N2O3. The summed E-state index contributed by atoms with van der Waals surface area (Å²) in [5, 5.41) is 2.59. The van der Waals surface area contributed by atoms with Gasteiger partial charge in [0.2, 0.25) is 0 Å². The number of hydrogen-bond acceptors (Lipinski definition) is 4. The zero-order valence-corrected chi connectivity index (χ0v) is 7.82. The second-order valence-electron chi connectivity index (χ2n) is 2.56. The molecule has 0 aromatic heterocycles. The standard InChI is InChI=1S/C9H12N2O3/c1-13-8-5-3-2-4-7(8)11-9(12)6-14-10/h2-5H,6,10H2,1H3,(H,11,12). The number of methoxy groups -OCH3 is 1. The van der Waals surface area contributed by atoms with E-state index in [-0.39, 0.29) is 12.5 Å². The molecule has 0 aliphatic heterocycles. The van der Waals surface area contributed by atoms with E-state index < -0.39 is 0 Å². The van der Waals surface area contributed by atoms with Crippen LogP contribution in [-0.2, 0) is 9.63 Å². The Balaban J connectivity index is 2.70. The third kappa shape index (κ3) is 2.72. The molecular weight excluding hydrogens is 184 g/mol. The van der Waals surface area contributed by atoms with Gasteiger partial charge in [0.05, 0.1) is 12.8 Å². The zero-order chi connectivity index (χ0) is 10.4. The highest BCUT2D eigenvalue weighted by Crippen LogP contribution is 2.22. The molecule has 1 rings (SSSR count). The van der Waals surface area contributed by atoms with Gasteiger partial charge in [-0.15, -0.1) is 0 Å². The molecule has 0 heterocycles. The molecule has 0 spiro atoms. The SMILES string of the molecule is COc1ccccc1NC(=O)CON. The first-order valence-electron chi connectivity index (χ1n) is 4.02. The Labute approximate surface area is 81.8 Å². The lowest BCUT2D eigenvalue weighted by Crippen LogP contribution is -2.20. The molecule has 0 aliphatic carbocycles. The van der Waals surface area contributed by atoms with Crippen molar-refractivity contribution in [1.82, 2.24) is 0 Å². The van der Waals surface area contributed by atoms with E-state index in [0.717, 1.165) is 0 Å². The normalized spacial score (nSPS) is 9.57. The number of ether oxygens (including phenoxy) is 1. The first-order valence-corrected chi connectivity index (χ1v) is 4.02. The Morgan fingerprint density at radius 1 is 1.50 bits per heavy atom. The maximum atomic E-state index is 11.1. The van der Waals surface area contributed by atoms with Gasteiger partial charge in [-0.2, -0.15) is 0 Å². The average Bonchev–Trinajstić information content (AvgIpc) is 2.19. The van der Waals surface area contributed by atoms with Crippen LogP contribution in [0.15, 0.2) is 24.3 Å². The van der Waals surface area contributed by atoms with Crippen molar-refractivity contribution in [3.8, 4) is 5.75 Å². The number of rotatable bonds is 4. The van der Waals surface area contributed by atoms with Gasteiger partial charge in [-0.1, -0.05) is 12.1 Å². The highest BCUT2D eigenvalue weighted by atomic mass is 16.6. The summed E-state index contributed by atoms with van der Waals surface area (Å²) in [6.07, 6.45) is 0. The van der Waals surface area contributed by atoms with E-state index in [9.17, 15) is 4.79 Å². The minimum Gasteiger partial charge on any atom is -0.495 e. The summed E-state index contributed by atoms with van der Waals surface area (Å²) in [6, 6.07) is 7.08. The molecule has 0 unspecified atom stereocenters. The lowest BCUT2D eigenvalue weighted by atomic mass is 10.3. The first kappa shape index (κ1) is 10.5. The second-order valence-corrected chi connectivity index (χ2v) is 2.56. The van der Waals surface area contributed by atoms with Crippen LogP contribution in [-0.4, -0.2) is 19.6 Å². The molecule has 0 aliphatic rings. The van der Waals surface area contributed by atoms with Crippen LogP contribution in [0.3, 0.4) is 0 Å². The maximum Gasteiger partial charge on any atom is 0.252 e. The molecule has 0 saturated heterocycles. The Kier molecular flexibility index (Phi) is 3.90. The summed E-state index contributed by atoms with van der Waals surface area (Å²) in [7, 11) is 1.53. The maximum absolute atomic E-state index is 11.1. The number of amides is 1. The van der Waals surface area contributed by atoms with E-state index >= 15 is 0 Å². The lowest BCUT2D eigenvalue weighted by Gasteiger charge is -2.08. The highest BCUT2D eigenvalue weighted by molar-refractivity contribution is 5.93. The van der Waals surface area contributed by atoms with Crippen molar-refractivity contribution in [1.29, 1.82) is 0 Å². The number of para-hydroxylation sites is 2. The van der Waals surface area contributed by atoms with Crippen LogP contribution < -0.4 is 16.0 Å². The minimum absolute atomic E-state index is 0.182. The highest BCUT2D eigenvalue weighted by Gasteiger charge is 2.05. The third-order valence-electron chi connectivity index (χ3n) is 1.60. The third-order valence-corrected chi connectivity index (χ3v) is 1.60. The molecule has 3 N–H and O–H groups in total. The molecule has 0 bridgehead atoms.